The minimum atomic E-state index is -0.816. The quantitative estimate of drug-likeness (QED) is 0.199. The molecule has 1 aliphatic rings. The van der Waals surface area contributed by atoms with Crippen LogP contribution < -0.4 is 41.6 Å². The topological polar surface area (TPSA) is 206 Å². The SMILES string of the molecule is COc1ccccc1NC(=O)COc1cc(Br)c(C2N=C(NC#N)Nc3nc(N)c(C#N)c(N)c32)cc1OC. The van der Waals surface area contributed by atoms with Gasteiger partial charge < -0.3 is 36.3 Å². The number of halogens is 1. The molecule has 0 fully saturated rings. The van der Waals surface area contributed by atoms with Crippen molar-refractivity contribution in [1.82, 2.24) is 10.3 Å². The zero-order valence-electron chi connectivity index (χ0n) is 20.7. The number of benzene rings is 2. The minimum Gasteiger partial charge on any atom is -0.495 e. The van der Waals surface area contributed by atoms with Gasteiger partial charge in [0.15, 0.2) is 24.3 Å². The number of hydrogen-bond donors (Lipinski definition) is 5. The number of para-hydroxylation sites is 2. The second-order valence-electron chi connectivity index (χ2n) is 7.96. The number of aliphatic imine (C=N–C) groups is 1. The Morgan fingerprint density at radius 3 is 2.59 bits per heavy atom. The van der Waals surface area contributed by atoms with Crippen LogP contribution >= 0.6 is 15.9 Å². The number of rotatable bonds is 7. The average Bonchev–Trinajstić information content (AvgIpc) is 2.92. The van der Waals surface area contributed by atoms with E-state index in [1.807, 2.05) is 6.07 Å². The predicted molar refractivity (Wildman–Crippen MR) is 147 cm³/mol. The van der Waals surface area contributed by atoms with E-state index in [2.05, 4.69) is 41.9 Å². The number of guanidine groups is 1. The van der Waals surface area contributed by atoms with Crippen LogP contribution in [0.1, 0.15) is 22.7 Å². The molecule has 2 heterocycles. The van der Waals surface area contributed by atoms with Crippen LogP contribution in [0.4, 0.5) is 23.0 Å². The number of carbonyl (C=O) groups excluding carboxylic acids is 1. The van der Waals surface area contributed by atoms with E-state index >= 15 is 0 Å². The number of nitrogens with two attached hydrogens (primary N) is 2. The second-order valence-corrected chi connectivity index (χ2v) is 8.82. The number of methoxy groups -OCH3 is 2. The molecule has 7 N–H and O–H groups in total. The number of pyridine rings is 1. The molecule has 3 aromatic rings. The van der Waals surface area contributed by atoms with Crippen molar-refractivity contribution in [3.05, 3.63) is 57.6 Å². The zero-order valence-corrected chi connectivity index (χ0v) is 22.3. The van der Waals surface area contributed by atoms with Gasteiger partial charge in [-0.2, -0.15) is 10.5 Å². The Balaban J connectivity index is 1.67. The summed E-state index contributed by atoms with van der Waals surface area (Å²) in [6, 6.07) is 11.4. The molecular weight excluding hydrogens is 570 g/mol. The number of amides is 1. The number of carbonyl (C=O) groups is 1. The van der Waals surface area contributed by atoms with Crippen molar-refractivity contribution < 1.29 is 19.0 Å². The maximum absolute atomic E-state index is 12.6. The standard InChI is InChI=1S/C25H22BrN9O4/c1-37-16-6-4-3-5-15(16)32-19(36)10-39-18-8-14(26)12(7-17(18)38-2)22-20-21(29)13(9-27)23(30)34-24(20)35-25(33-22)31-11-28/h3-8,22H,10H2,1-2H3,(H,32,36)(H6,29,30,31,33,34,35). The lowest BCUT2D eigenvalue weighted by molar-refractivity contribution is -0.118. The smallest absolute Gasteiger partial charge is 0.262 e. The molecule has 1 amide bonds. The molecule has 2 aromatic carbocycles. The lowest BCUT2D eigenvalue weighted by Gasteiger charge is -2.27. The van der Waals surface area contributed by atoms with E-state index < -0.39 is 11.9 Å². The molecule has 0 radical (unpaired) electrons. The third kappa shape index (κ3) is 5.41. The summed E-state index contributed by atoms with van der Waals surface area (Å²) in [4.78, 5) is 21.4. The molecule has 0 aliphatic carbocycles. The average molecular weight is 592 g/mol. The van der Waals surface area contributed by atoms with Crippen molar-refractivity contribution in [1.29, 1.82) is 10.5 Å². The molecule has 0 saturated heterocycles. The first kappa shape index (κ1) is 26.8. The highest BCUT2D eigenvalue weighted by atomic mass is 79.9. The highest BCUT2D eigenvalue weighted by Crippen LogP contribution is 2.45. The van der Waals surface area contributed by atoms with Gasteiger partial charge in [0.25, 0.3) is 5.91 Å². The summed E-state index contributed by atoms with van der Waals surface area (Å²) >= 11 is 3.53. The third-order valence-electron chi connectivity index (χ3n) is 5.67. The summed E-state index contributed by atoms with van der Waals surface area (Å²) in [5.41, 5.74) is 13.8. The number of nitrogens with one attached hydrogen (secondary N) is 3. The number of ether oxygens (including phenoxy) is 3. The fourth-order valence-corrected chi connectivity index (χ4v) is 4.46. The van der Waals surface area contributed by atoms with Crippen LogP contribution in [0, 0.1) is 22.8 Å². The van der Waals surface area contributed by atoms with Crippen molar-refractivity contribution >= 4 is 50.8 Å². The maximum Gasteiger partial charge on any atom is 0.262 e. The number of nitrogen functional groups attached to an aromatic ring is 2. The normalized spacial score (nSPS) is 13.5. The number of hydrogen-bond acceptors (Lipinski definition) is 12. The van der Waals surface area contributed by atoms with Crippen molar-refractivity contribution in [2.24, 2.45) is 4.99 Å². The summed E-state index contributed by atoms with van der Waals surface area (Å²) in [5.74, 6) is 0.949. The Morgan fingerprint density at radius 2 is 1.90 bits per heavy atom. The van der Waals surface area contributed by atoms with Gasteiger partial charge in [-0.1, -0.05) is 28.1 Å². The minimum absolute atomic E-state index is 0.0107. The second kappa shape index (κ2) is 11.5. The zero-order chi connectivity index (χ0) is 28.1. The summed E-state index contributed by atoms with van der Waals surface area (Å²) in [6.45, 7) is -0.313. The van der Waals surface area contributed by atoms with Gasteiger partial charge in [0.05, 0.1) is 25.6 Å². The van der Waals surface area contributed by atoms with Crippen LogP contribution in [0.2, 0.25) is 0 Å². The molecule has 0 saturated carbocycles. The number of fused-ring (bicyclic) bond motifs is 1. The Hall–Kier alpha value is -5.21. The van der Waals surface area contributed by atoms with E-state index in [0.717, 1.165) is 0 Å². The van der Waals surface area contributed by atoms with Gasteiger partial charge in [0, 0.05) is 10.0 Å². The van der Waals surface area contributed by atoms with E-state index in [1.165, 1.54) is 14.2 Å². The predicted octanol–water partition coefficient (Wildman–Crippen LogP) is 2.86. The lowest BCUT2D eigenvalue weighted by atomic mass is 9.95. The molecule has 39 heavy (non-hydrogen) atoms. The molecule has 0 spiro atoms. The monoisotopic (exact) mass is 591 g/mol. The molecule has 4 rings (SSSR count). The van der Waals surface area contributed by atoms with Crippen LogP contribution in [-0.4, -0.2) is 37.7 Å². The van der Waals surface area contributed by atoms with E-state index in [9.17, 15) is 10.1 Å². The number of anilines is 4. The first-order valence-corrected chi connectivity index (χ1v) is 12.0. The fraction of sp³-hybridized carbons (Fsp3) is 0.160. The van der Waals surface area contributed by atoms with E-state index in [1.54, 1.807) is 42.6 Å². The fourth-order valence-electron chi connectivity index (χ4n) is 3.92. The summed E-state index contributed by atoms with van der Waals surface area (Å²) < 4.78 is 17.1. The third-order valence-corrected chi connectivity index (χ3v) is 6.36. The van der Waals surface area contributed by atoms with Crippen LogP contribution in [0.3, 0.4) is 0 Å². The van der Waals surface area contributed by atoms with Crippen molar-refractivity contribution in [3.8, 4) is 29.5 Å². The van der Waals surface area contributed by atoms with Gasteiger partial charge in [-0.25, -0.2) is 9.98 Å². The van der Waals surface area contributed by atoms with Crippen LogP contribution in [0.15, 0.2) is 45.9 Å². The molecule has 14 heteroatoms. The first-order valence-electron chi connectivity index (χ1n) is 11.2. The highest BCUT2D eigenvalue weighted by Gasteiger charge is 2.31. The molecule has 0 bridgehead atoms. The molecule has 1 aromatic heterocycles. The van der Waals surface area contributed by atoms with Crippen LogP contribution in [-0.2, 0) is 4.79 Å². The van der Waals surface area contributed by atoms with Gasteiger partial charge in [-0.05, 0) is 29.8 Å². The van der Waals surface area contributed by atoms with E-state index in [-0.39, 0.29) is 41.2 Å². The first-order chi connectivity index (χ1) is 18.8. The van der Waals surface area contributed by atoms with Gasteiger partial charge in [-0.3, -0.25) is 10.1 Å². The summed E-state index contributed by atoms with van der Waals surface area (Å²) in [6.07, 6.45) is 1.80. The molecular formula is C25H22BrN9O4. The van der Waals surface area contributed by atoms with Gasteiger partial charge in [0.2, 0.25) is 5.96 Å². The van der Waals surface area contributed by atoms with Crippen molar-refractivity contribution in [2.45, 2.75) is 6.04 Å². The van der Waals surface area contributed by atoms with Gasteiger partial charge in [-0.15, -0.1) is 0 Å². The maximum atomic E-state index is 12.6. The van der Waals surface area contributed by atoms with Gasteiger partial charge >= 0.3 is 0 Å². The number of aromatic nitrogens is 1. The van der Waals surface area contributed by atoms with E-state index in [4.69, 9.17) is 30.9 Å². The Kier molecular flexibility index (Phi) is 7.88. The Bertz CT molecular complexity index is 1560. The number of nitriles is 2. The van der Waals surface area contributed by atoms with Crippen molar-refractivity contribution in [2.75, 3.05) is 42.9 Å². The molecule has 1 aliphatic heterocycles. The van der Waals surface area contributed by atoms with Crippen molar-refractivity contribution in [3.63, 3.8) is 0 Å². The lowest BCUT2D eigenvalue weighted by Crippen LogP contribution is -2.32. The van der Waals surface area contributed by atoms with Crippen LogP contribution in [0.5, 0.6) is 17.2 Å². The largest absolute Gasteiger partial charge is 0.495 e. The Labute approximate surface area is 231 Å². The summed E-state index contributed by atoms with van der Waals surface area (Å²) in [7, 11) is 2.96. The molecule has 198 valence electrons. The van der Waals surface area contributed by atoms with E-state index in [0.29, 0.717) is 32.8 Å². The molecule has 1 atom stereocenters. The molecule has 1 unspecified atom stereocenters. The van der Waals surface area contributed by atoms with Gasteiger partial charge in [0.1, 0.15) is 35.1 Å². The number of nitrogens with zero attached hydrogens (tertiary/aromatic N) is 4. The van der Waals surface area contributed by atoms with Crippen LogP contribution in [0.25, 0.3) is 0 Å². The Morgan fingerprint density at radius 1 is 1.15 bits per heavy atom. The summed E-state index contributed by atoms with van der Waals surface area (Å²) in [5, 5.41) is 26.7. The molecule has 13 nitrogen and oxygen atoms in total. The highest BCUT2D eigenvalue weighted by molar-refractivity contribution is 9.10.